The summed E-state index contributed by atoms with van der Waals surface area (Å²) in [5.41, 5.74) is 3.36. The van der Waals surface area contributed by atoms with Crippen molar-refractivity contribution in [2.75, 3.05) is 0 Å². The molecule has 0 spiro atoms. The van der Waals surface area contributed by atoms with Gasteiger partial charge in [0, 0.05) is 0 Å². The number of hydrogen-bond donors (Lipinski definition) is 0. The van der Waals surface area contributed by atoms with Gasteiger partial charge < -0.3 is 0 Å². The van der Waals surface area contributed by atoms with Gasteiger partial charge >= 0.3 is 0 Å². The Labute approximate surface area is 109 Å². The van der Waals surface area contributed by atoms with Crippen molar-refractivity contribution in [3.8, 4) is 0 Å². The first-order valence-electron chi connectivity index (χ1n) is 6.00. The van der Waals surface area contributed by atoms with Crippen LogP contribution in [0.15, 0.2) is 85.0 Å². The van der Waals surface area contributed by atoms with Crippen LogP contribution in [0.3, 0.4) is 0 Å². The molecule has 0 amide bonds. The maximum absolute atomic E-state index is 4.01. The Bertz CT molecular complexity index is 494. The zero-order valence-corrected chi connectivity index (χ0v) is 10.3. The highest BCUT2D eigenvalue weighted by molar-refractivity contribution is 5.58. The lowest BCUT2D eigenvalue weighted by molar-refractivity contribution is 1.64. The SMILES string of the molecule is C=C(/C=C/c1ccccc1)/C=C/c1ccccc1. The highest BCUT2D eigenvalue weighted by atomic mass is 13.9. The van der Waals surface area contributed by atoms with Crippen LogP contribution in [0.25, 0.3) is 12.2 Å². The Balaban J connectivity index is 1.97. The third-order valence-electron chi connectivity index (χ3n) is 2.58. The summed E-state index contributed by atoms with van der Waals surface area (Å²) in [6, 6.07) is 20.4. The summed E-state index contributed by atoms with van der Waals surface area (Å²) in [4.78, 5) is 0. The van der Waals surface area contributed by atoms with Crippen molar-refractivity contribution in [1.29, 1.82) is 0 Å². The van der Waals surface area contributed by atoms with Crippen LogP contribution in [0.4, 0.5) is 0 Å². The summed E-state index contributed by atoms with van der Waals surface area (Å²) in [7, 11) is 0. The van der Waals surface area contributed by atoms with Gasteiger partial charge in [0.2, 0.25) is 0 Å². The summed E-state index contributed by atoms with van der Waals surface area (Å²) in [5, 5.41) is 0. The van der Waals surface area contributed by atoms with Gasteiger partial charge in [0.25, 0.3) is 0 Å². The van der Waals surface area contributed by atoms with Crippen molar-refractivity contribution in [3.05, 3.63) is 96.1 Å². The summed E-state index contributed by atoms with van der Waals surface area (Å²) >= 11 is 0. The average molecular weight is 232 g/mol. The van der Waals surface area contributed by atoms with E-state index in [-0.39, 0.29) is 0 Å². The van der Waals surface area contributed by atoms with Crippen LogP contribution in [0, 0.1) is 0 Å². The molecule has 2 aromatic carbocycles. The summed E-state index contributed by atoms with van der Waals surface area (Å²) in [6.07, 6.45) is 8.18. The second-order valence-electron chi connectivity index (χ2n) is 4.06. The van der Waals surface area contributed by atoms with E-state index >= 15 is 0 Å². The van der Waals surface area contributed by atoms with Gasteiger partial charge in [-0.15, -0.1) is 0 Å². The first kappa shape index (κ1) is 12.1. The third-order valence-corrected chi connectivity index (χ3v) is 2.58. The largest absolute Gasteiger partial charge is 0.0918 e. The molecule has 0 N–H and O–H groups in total. The minimum absolute atomic E-state index is 0.989. The standard InChI is InChI=1S/C18H16/c1-16(12-14-17-8-4-2-5-9-17)13-15-18-10-6-3-7-11-18/h2-15H,1H2/b14-12+,15-13+. The zero-order chi connectivity index (χ0) is 12.6. The molecule has 0 unspecified atom stereocenters. The molecule has 0 bridgehead atoms. The molecule has 0 aliphatic carbocycles. The van der Waals surface area contributed by atoms with E-state index in [1.807, 2.05) is 48.6 Å². The van der Waals surface area contributed by atoms with Gasteiger partial charge in [0.15, 0.2) is 0 Å². The smallest absolute Gasteiger partial charge is 0.0256 e. The van der Waals surface area contributed by atoms with Gasteiger partial charge in [-0.2, -0.15) is 0 Å². The molecule has 0 aromatic heterocycles. The monoisotopic (exact) mass is 232 g/mol. The van der Waals surface area contributed by atoms with E-state index in [2.05, 4.69) is 43.0 Å². The first-order chi connectivity index (χ1) is 8.84. The van der Waals surface area contributed by atoms with Gasteiger partial charge in [-0.25, -0.2) is 0 Å². The van der Waals surface area contributed by atoms with E-state index in [1.165, 1.54) is 11.1 Å². The number of hydrogen-bond acceptors (Lipinski definition) is 0. The second kappa shape index (κ2) is 6.41. The summed E-state index contributed by atoms with van der Waals surface area (Å²) < 4.78 is 0. The van der Waals surface area contributed by atoms with Gasteiger partial charge in [0.05, 0.1) is 0 Å². The molecular formula is C18H16. The Hall–Kier alpha value is -2.34. The van der Waals surface area contributed by atoms with E-state index in [0.29, 0.717) is 0 Å². The number of allylic oxidation sites excluding steroid dienone is 3. The van der Waals surface area contributed by atoms with Gasteiger partial charge in [-0.3, -0.25) is 0 Å². The van der Waals surface area contributed by atoms with E-state index in [4.69, 9.17) is 0 Å². The highest BCUT2D eigenvalue weighted by Crippen LogP contribution is 2.07. The van der Waals surface area contributed by atoms with Gasteiger partial charge in [0.1, 0.15) is 0 Å². The van der Waals surface area contributed by atoms with Gasteiger partial charge in [-0.1, -0.05) is 91.5 Å². The lowest BCUT2D eigenvalue weighted by atomic mass is 10.1. The van der Waals surface area contributed by atoms with E-state index < -0.39 is 0 Å². The van der Waals surface area contributed by atoms with Crippen molar-refractivity contribution < 1.29 is 0 Å². The van der Waals surface area contributed by atoms with E-state index in [1.54, 1.807) is 0 Å². The van der Waals surface area contributed by atoms with Crippen LogP contribution in [0.5, 0.6) is 0 Å². The van der Waals surface area contributed by atoms with Crippen molar-refractivity contribution in [2.45, 2.75) is 0 Å². The Kier molecular flexibility index (Phi) is 4.32. The van der Waals surface area contributed by atoms with Crippen molar-refractivity contribution in [3.63, 3.8) is 0 Å². The van der Waals surface area contributed by atoms with Crippen molar-refractivity contribution in [2.24, 2.45) is 0 Å². The number of benzene rings is 2. The molecule has 0 fully saturated rings. The lowest BCUT2D eigenvalue weighted by Crippen LogP contribution is -1.72. The average Bonchev–Trinajstić information content (AvgIpc) is 2.45. The molecule has 0 aliphatic rings. The molecule has 0 saturated carbocycles. The maximum atomic E-state index is 4.01. The predicted octanol–water partition coefficient (Wildman–Crippen LogP) is 4.97. The molecular weight excluding hydrogens is 216 g/mol. The quantitative estimate of drug-likeness (QED) is 0.653. The fourth-order valence-electron chi connectivity index (χ4n) is 1.59. The molecule has 0 aliphatic heterocycles. The maximum Gasteiger partial charge on any atom is -0.0256 e. The van der Waals surface area contributed by atoms with Crippen molar-refractivity contribution in [1.82, 2.24) is 0 Å². The topological polar surface area (TPSA) is 0 Å². The molecule has 0 atom stereocenters. The Morgan fingerprint density at radius 1 is 0.667 bits per heavy atom. The van der Waals surface area contributed by atoms with Crippen molar-refractivity contribution >= 4 is 12.2 Å². The summed E-state index contributed by atoms with van der Waals surface area (Å²) in [6.45, 7) is 4.01. The van der Waals surface area contributed by atoms with Crippen LogP contribution < -0.4 is 0 Å². The Morgan fingerprint density at radius 2 is 1.06 bits per heavy atom. The molecule has 0 saturated heterocycles. The molecule has 0 nitrogen and oxygen atoms in total. The van der Waals surface area contributed by atoms with E-state index in [9.17, 15) is 0 Å². The van der Waals surface area contributed by atoms with Crippen LogP contribution in [-0.2, 0) is 0 Å². The zero-order valence-electron chi connectivity index (χ0n) is 10.3. The highest BCUT2D eigenvalue weighted by Gasteiger charge is 1.86. The Morgan fingerprint density at radius 3 is 1.44 bits per heavy atom. The molecule has 0 radical (unpaired) electrons. The molecule has 0 heterocycles. The van der Waals surface area contributed by atoms with Crippen LogP contribution >= 0.6 is 0 Å². The fraction of sp³-hybridized carbons (Fsp3) is 0. The number of rotatable bonds is 4. The summed E-state index contributed by atoms with van der Waals surface area (Å²) in [5.74, 6) is 0. The van der Waals surface area contributed by atoms with Crippen LogP contribution in [0.2, 0.25) is 0 Å². The van der Waals surface area contributed by atoms with Gasteiger partial charge in [-0.05, 0) is 16.7 Å². The lowest BCUT2D eigenvalue weighted by Gasteiger charge is -1.94. The van der Waals surface area contributed by atoms with E-state index in [0.717, 1.165) is 5.57 Å². The fourth-order valence-corrected chi connectivity index (χ4v) is 1.59. The van der Waals surface area contributed by atoms with Crippen LogP contribution in [0.1, 0.15) is 11.1 Å². The minimum atomic E-state index is 0.989. The molecule has 2 aromatic rings. The predicted molar refractivity (Wildman–Crippen MR) is 80.1 cm³/mol. The third kappa shape index (κ3) is 3.91. The first-order valence-corrected chi connectivity index (χ1v) is 6.00. The molecule has 2 rings (SSSR count). The molecule has 0 heteroatoms. The normalized spacial score (nSPS) is 11.1. The van der Waals surface area contributed by atoms with Crippen LogP contribution in [-0.4, -0.2) is 0 Å². The molecule has 88 valence electrons. The second-order valence-corrected chi connectivity index (χ2v) is 4.06. The minimum Gasteiger partial charge on any atom is -0.0918 e. The molecule has 18 heavy (non-hydrogen) atoms.